The van der Waals surface area contributed by atoms with Crippen LogP contribution in [0.1, 0.15) is 11.4 Å². The van der Waals surface area contributed by atoms with Crippen LogP contribution in [0.3, 0.4) is 0 Å². The minimum atomic E-state index is 0.273. The molecule has 2 heterocycles. The molecule has 1 N–H and O–H groups in total. The van der Waals surface area contributed by atoms with Gasteiger partial charge in [-0.1, -0.05) is 23.2 Å². The first-order chi connectivity index (χ1) is 8.15. The third-order valence-electron chi connectivity index (χ3n) is 2.01. The Morgan fingerprint density at radius 1 is 1.18 bits per heavy atom. The maximum Gasteiger partial charge on any atom is 0.174 e. The van der Waals surface area contributed by atoms with E-state index in [1.54, 1.807) is 18.5 Å². The summed E-state index contributed by atoms with van der Waals surface area (Å²) >= 11 is 11.6. The molecule has 0 aromatic carbocycles. The van der Waals surface area contributed by atoms with Crippen LogP contribution < -0.4 is 5.32 Å². The van der Waals surface area contributed by atoms with Gasteiger partial charge in [-0.2, -0.15) is 0 Å². The van der Waals surface area contributed by atoms with E-state index in [9.17, 15) is 0 Å². The van der Waals surface area contributed by atoms with E-state index in [4.69, 9.17) is 23.2 Å². The molecule has 7 heteroatoms. The summed E-state index contributed by atoms with van der Waals surface area (Å²) in [6, 6.07) is 1.61. The number of anilines is 1. The molecule has 2 rings (SSSR count). The monoisotopic (exact) mass is 269 g/mol. The quantitative estimate of drug-likeness (QED) is 0.928. The molecule has 2 aromatic rings. The van der Waals surface area contributed by atoms with Crippen molar-refractivity contribution in [1.82, 2.24) is 20.2 Å². The van der Waals surface area contributed by atoms with E-state index in [0.29, 0.717) is 12.2 Å². The standard InChI is InChI=1S/C10H9Cl2N5/c1-6-3-14-7(4-13-6)5-15-8-2-9(11)16-17-10(8)12/h2-4H,5H2,1H3,(H,15,16). The van der Waals surface area contributed by atoms with E-state index in [1.165, 1.54) is 0 Å². The molecule has 0 aliphatic carbocycles. The van der Waals surface area contributed by atoms with Crippen LogP contribution in [-0.4, -0.2) is 20.2 Å². The molecule has 0 saturated heterocycles. The Balaban J connectivity index is 2.07. The normalized spacial score (nSPS) is 10.3. The molecule has 0 aliphatic heterocycles. The van der Waals surface area contributed by atoms with E-state index in [2.05, 4.69) is 25.5 Å². The van der Waals surface area contributed by atoms with Crippen LogP contribution >= 0.6 is 23.2 Å². The molecule has 0 fully saturated rings. The Hall–Kier alpha value is -1.46. The van der Waals surface area contributed by atoms with Gasteiger partial charge >= 0.3 is 0 Å². The summed E-state index contributed by atoms with van der Waals surface area (Å²) < 4.78 is 0. The van der Waals surface area contributed by atoms with Crippen molar-refractivity contribution in [3.05, 3.63) is 40.2 Å². The first kappa shape index (κ1) is 12.0. The molecular formula is C10H9Cl2N5. The first-order valence-corrected chi connectivity index (χ1v) is 5.61. The predicted molar refractivity (Wildman–Crippen MR) is 66.1 cm³/mol. The number of rotatable bonds is 3. The summed E-state index contributed by atoms with van der Waals surface area (Å²) in [5.74, 6) is 0. The first-order valence-electron chi connectivity index (χ1n) is 4.85. The van der Waals surface area contributed by atoms with Crippen molar-refractivity contribution in [2.75, 3.05) is 5.32 Å². The molecule has 0 aliphatic rings. The van der Waals surface area contributed by atoms with Gasteiger partial charge < -0.3 is 5.32 Å². The number of halogens is 2. The molecule has 0 bridgehead atoms. The highest BCUT2D eigenvalue weighted by molar-refractivity contribution is 6.33. The Bertz CT molecular complexity index is 515. The average molecular weight is 270 g/mol. The van der Waals surface area contributed by atoms with Crippen LogP contribution in [0.4, 0.5) is 5.69 Å². The highest BCUT2D eigenvalue weighted by atomic mass is 35.5. The lowest BCUT2D eigenvalue weighted by Gasteiger charge is -2.06. The van der Waals surface area contributed by atoms with Gasteiger partial charge in [0.2, 0.25) is 0 Å². The largest absolute Gasteiger partial charge is 0.377 e. The summed E-state index contributed by atoms with van der Waals surface area (Å²) in [4.78, 5) is 8.35. The van der Waals surface area contributed by atoms with Crippen molar-refractivity contribution in [2.45, 2.75) is 13.5 Å². The molecule has 0 unspecified atom stereocenters. The fourth-order valence-electron chi connectivity index (χ4n) is 1.17. The van der Waals surface area contributed by atoms with E-state index in [0.717, 1.165) is 11.4 Å². The molecule has 0 atom stereocenters. The highest BCUT2D eigenvalue weighted by Gasteiger charge is 2.04. The van der Waals surface area contributed by atoms with Crippen molar-refractivity contribution in [2.24, 2.45) is 0 Å². The highest BCUT2D eigenvalue weighted by Crippen LogP contribution is 2.21. The van der Waals surface area contributed by atoms with E-state index < -0.39 is 0 Å². The van der Waals surface area contributed by atoms with Crippen molar-refractivity contribution in [1.29, 1.82) is 0 Å². The number of nitrogens with zero attached hydrogens (tertiary/aromatic N) is 4. The van der Waals surface area contributed by atoms with Crippen molar-refractivity contribution in [3.63, 3.8) is 0 Å². The second-order valence-electron chi connectivity index (χ2n) is 3.37. The van der Waals surface area contributed by atoms with Gasteiger partial charge in [-0.15, -0.1) is 10.2 Å². The molecule has 0 saturated carbocycles. The fraction of sp³-hybridized carbons (Fsp3) is 0.200. The van der Waals surface area contributed by atoms with Crippen molar-refractivity contribution in [3.8, 4) is 0 Å². The van der Waals surface area contributed by atoms with Crippen LogP contribution in [0.5, 0.6) is 0 Å². The van der Waals surface area contributed by atoms with E-state index >= 15 is 0 Å². The smallest absolute Gasteiger partial charge is 0.174 e. The molecule has 0 spiro atoms. The fourth-order valence-corrected chi connectivity index (χ4v) is 1.48. The lowest BCUT2D eigenvalue weighted by molar-refractivity contribution is 0.972. The zero-order valence-electron chi connectivity index (χ0n) is 8.98. The van der Waals surface area contributed by atoms with Gasteiger partial charge in [-0.05, 0) is 6.92 Å². The summed E-state index contributed by atoms with van der Waals surface area (Å²) in [5, 5.41) is 10.9. The molecule has 0 amide bonds. The Labute approximate surface area is 108 Å². The number of aromatic nitrogens is 4. The van der Waals surface area contributed by atoms with Crippen LogP contribution in [0.15, 0.2) is 18.5 Å². The minimum Gasteiger partial charge on any atom is -0.377 e. The number of aryl methyl sites for hydroxylation is 1. The number of nitrogens with one attached hydrogen (secondary N) is 1. The Morgan fingerprint density at radius 3 is 2.71 bits per heavy atom. The maximum absolute atomic E-state index is 5.86. The SMILES string of the molecule is Cc1cnc(CNc2cc(Cl)nnc2Cl)cn1. The second kappa shape index (κ2) is 5.25. The number of hydrogen-bond donors (Lipinski definition) is 1. The van der Waals surface area contributed by atoms with Crippen molar-refractivity contribution < 1.29 is 0 Å². The predicted octanol–water partition coefficient (Wildman–Crippen LogP) is 2.49. The lowest BCUT2D eigenvalue weighted by atomic mass is 10.4. The van der Waals surface area contributed by atoms with Crippen LogP contribution in [0.25, 0.3) is 0 Å². The number of hydrogen-bond acceptors (Lipinski definition) is 5. The zero-order valence-corrected chi connectivity index (χ0v) is 10.5. The van der Waals surface area contributed by atoms with Gasteiger partial charge in [0.25, 0.3) is 0 Å². The van der Waals surface area contributed by atoms with Gasteiger partial charge in [-0.3, -0.25) is 9.97 Å². The van der Waals surface area contributed by atoms with E-state index in [1.807, 2.05) is 6.92 Å². The average Bonchev–Trinajstić information content (AvgIpc) is 2.32. The summed E-state index contributed by atoms with van der Waals surface area (Å²) in [5.41, 5.74) is 2.30. The molecule has 0 radical (unpaired) electrons. The second-order valence-corrected chi connectivity index (χ2v) is 4.12. The summed E-state index contributed by atoms with van der Waals surface area (Å²) in [7, 11) is 0. The third-order valence-corrected chi connectivity index (χ3v) is 2.48. The molecule has 2 aromatic heterocycles. The maximum atomic E-state index is 5.86. The summed E-state index contributed by atoms with van der Waals surface area (Å²) in [6.07, 6.45) is 3.41. The minimum absolute atomic E-state index is 0.273. The van der Waals surface area contributed by atoms with E-state index in [-0.39, 0.29) is 10.3 Å². The van der Waals surface area contributed by atoms with Crippen LogP contribution in [0.2, 0.25) is 10.3 Å². The van der Waals surface area contributed by atoms with Gasteiger partial charge in [0.1, 0.15) is 0 Å². The van der Waals surface area contributed by atoms with Gasteiger partial charge in [-0.25, -0.2) is 0 Å². The van der Waals surface area contributed by atoms with Gasteiger partial charge in [0.15, 0.2) is 10.3 Å². The van der Waals surface area contributed by atoms with Gasteiger partial charge in [0.05, 0.1) is 29.8 Å². The topological polar surface area (TPSA) is 63.6 Å². The Morgan fingerprint density at radius 2 is 2.00 bits per heavy atom. The molecule has 88 valence electrons. The van der Waals surface area contributed by atoms with Crippen molar-refractivity contribution >= 4 is 28.9 Å². The van der Waals surface area contributed by atoms with Gasteiger partial charge in [0, 0.05) is 12.3 Å². The summed E-state index contributed by atoms with van der Waals surface area (Å²) in [6.45, 7) is 2.38. The molecule has 17 heavy (non-hydrogen) atoms. The molecular weight excluding hydrogens is 261 g/mol. The third kappa shape index (κ3) is 3.25. The van der Waals surface area contributed by atoms with Crippen LogP contribution in [0, 0.1) is 6.92 Å². The van der Waals surface area contributed by atoms with Crippen LogP contribution in [-0.2, 0) is 6.54 Å². The molecule has 5 nitrogen and oxygen atoms in total. The Kier molecular flexibility index (Phi) is 3.71. The lowest BCUT2D eigenvalue weighted by Crippen LogP contribution is -2.04. The zero-order chi connectivity index (χ0) is 12.3.